The molecule has 0 aliphatic rings. The van der Waals surface area contributed by atoms with Gasteiger partial charge in [-0.15, -0.1) is 5.10 Å². The first-order valence-electron chi connectivity index (χ1n) is 6.36. The molecular weight excluding hydrogens is 256 g/mol. The van der Waals surface area contributed by atoms with Crippen LogP contribution >= 0.6 is 0 Å². The molecular formula is C14H18N4O2. The van der Waals surface area contributed by atoms with E-state index in [9.17, 15) is 4.79 Å². The van der Waals surface area contributed by atoms with E-state index in [4.69, 9.17) is 10.5 Å². The number of nitrogens with one attached hydrogen (secondary N) is 1. The van der Waals surface area contributed by atoms with Gasteiger partial charge in [0.25, 0.3) is 0 Å². The summed E-state index contributed by atoms with van der Waals surface area (Å²) >= 11 is 0. The summed E-state index contributed by atoms with van der Waals surface area (Å²) in [5.74, 6) is 0.189. The number of carbonyl (C=O) groups excluding carboxylic acids is 1. The van der Waals surface area contributed by atoms with E-state index in [1.807, 2.05) is 38.1 Å². The Balaban J connectivity index is 2.58. The highest BCUT2D eigenvalue weighted by molar-refractivity contribution is 5.99. The van der Waals surface area contributed by atoms with Gasteiger partial charge in [-0.05, 0) is 31.5 Å². The fraction of sp³-hybridized carbons (Fsp3) is 0.286. The summed E-state index contributed by atoms with van der Waals surface area (Å²) in [7, 11) is 1.32. The predicted octanol–water partition coefficient (Wildman–Crippen LogP) is 1.98. The van der Waals surface area contributed by atoms with Crippen molar-refractivity contribution in [2.45, 2.75) is 13.8 Å². The molecule has 3 N–H and O–H groups in total. The molecule has 0 radical (unpaired) electrons. The summed E-state index contributed by atoms with van der Waals surface area (Å²) in [4.78, 5) is 11.8. The molecule has 0 saturated heterocycles. The van der Waals surface area contributed by atoms with Gasteiger partial charge < -0.3 is 15.8 Å². The van der Waals surface area contributed by atoms with Crippen LogP contribution in [0.25, 0.3) is 5.69 Å². The van der Waals surface area contributed by atoms with Crippen molar-refractivity contribution in [3.63, 3.8) is 0 Å². The number of aryl methyl sites for hydroxylation is 1. The highest BCUT2D eigenvalue weighted by Crippen LogP contribution is 2.26. The van der Waals surface area contributed by atoms with Crippen molar-refractivity contribution >= 4 is 17.6 Å². The number of hydrogen-bond donors (Lipinski definition) is 2. The molecule has 1 aromatic heterocycles. The number of carbonyl (C=O) groups is 1. The first-order valence-corrected chi connectivity index (χ1v) is 6.36. The van der Waals surface area contributed by atoms with Gasteiger partial charge in [-0.1, -0.05) is 12.1 Å². The lowest BCUT2D eigenvalue weighted by molar-refractivity contribution is 0.0603. The van der Waals surface area contributed by atoms with E-state index in [2.05, 4.69) is 10.4 Å². The molecule has 0 aliphatic heterocycles. The summed E-state index contributed by atoms with van der Waals surface area (Å²) < 4.78 is 6.30. The van der Waals surface area contributed by atoms with Gasteiger partial charge in [0.2, 0.25) is 0 Å². The van der Waals surface area contributed by atoms with Crippen molar-refractivity contribution in [2.75, 3.05) is 24.7 Å². The van der Waals surface area contributed by atoms with Crippen LogP contribution < -0.4 is 11.1 Å². The second-order valence-electron chi connectivity index (χ2n) is 4.38. The van der Waals surface area contributed by atoms with Crippen LogP contribution in [0.15, 0.2) is 24.3 Å². The second-order valence-corrected chi connectivity index (χ2v) is 4.38. The molecule has 2 rings (SSSR count). The van der Waals surface area contributed by atoms with Crippen LogP contribution in [0, 0.1) is 6.92 Å². The topological polar surface area (TPSA) is 82.2 Å². The minimum Gasteiger partial charge on any atom is -0.465 e. The van der Waals surface area contributed by atoms with Crippen LogP contribution in [0.3, 0.4) is 0 Å². The van der Waals surface area contributed by atoms with Gasteiger partial charge in [-0.3, -0.25) is 0 Å². The Morgan fingerprint density at radius 1 is 1.50 bits per heavy atom. The number of nitrogens with zero attached hydrogens (tertiary/aromatic N) is 2. The third kappa shape index (κ3) is 2.45. The maximum Gasteiger partial charge on any atom is 0.345 e. The molecule has 1 heterocycles. The Morgan fingerprint density at radius 2 is 2.25 bits per heavy atom. The van der Waals surface area contributed by atoms with Crippen LogP contribution in [-0.4, -0.2) is 29.4 Å². The molecule has 0 bridgehead atoms. The molecule has 0 saturated carbocycles. The largest absolute Gasteiger partial charge is 0.465 e. The normalized spacial score (nSPS) is 10.3. The van der Waals surface area contributed by atoms with E-state index >= 15 is 0 Å². The lowest BCUT2D eigenvalue weighted by Gasteiger charge is -2.05. The van der Waals surface area contributed by atoms with E-state index in [0.717, 1.165) is 11.3 Å². The van der Waals surface area contributed by atoms with Gasteiger partial charge in [0.15, 0.2) is 5.82 Å². The first-order chi connectivity index (χ1) is 9.58. The van der Waals surface area contributed by atoms with E-state index in [0.29, 0.717) is 12.4 Å². The number of anilines is 2. The minimum absolute atomic E-state index is 0.260. The smallest absolute Gasteiger partial charge is 0.345 e. The number of ether oxygens (including phenoxy) is 1. The van der Waals surface area contributed by atoms with Crippen LogP contribution in [0.5, 0.6) is 0 Å². The molecule has 20 heavy (non-hydrogen) atoms. The van der Waals surface area contributed by atoms with Crippen LogP contribution in [0.4, 0.5) is 11.6 Å². The van der Waals surface area contributed by atoms with Crippen molar-refractivity contribution in [1.29, 1.82) is 0 Å². The lowest BCUT2D eigenvalue weighted by atomic mass is 10.2. The fourth-order valence-corrected chi connectivity index (χ4v) is 1.98. The van der Waals surface area contributed by atoms with E-state index in [-0.39, 0.29) is 11.4 Å². The molecule has 1 aromatic carbocycles. The zero-order valence-electron chi connectivity index (χ0n) is 11.8. The highest BCUT2D eigenvalue weighted by atomic mass is 16.5. The van der Waals surface area contributed by atoms with Crippen molar-refractivity contribution in [2.24, 2.45) is 0 Å². The van der Waals surface area contributed by atoms with E-state index in [1.54, 1.807) is 0 Å². The predicted molar refractivity (Wildman–Crippen MR) is 78.2 cm³/mol. The molecule has 6 nitrogen and oxygen atoms in total. The van der Waals surface area contributed by atoms with Crippen LogP contribution in [-0.2, 0) is 4.74 Å². The van der Waals surface area contributed by atoms with E-state index < -0.39 is 5.97 Å². The Hall–Kier alpha value is -2.50. The van der Waals surface area contributed by atoms with Gasteiger partial charge in [-0.25, -0.2) is 9.48 Å². The first kappa shape index (κ1) is 13.9. The molecule has 106 valence electrons. The summed E-state index contributed by atoms with van der Waals surface area (Å²) in [5, 5.41) is 7.38. The summed E-state index contributed by atoms with van der Waals surface area (Å²) in [6.07, 6.45) is 0. The molecule has 0 fully saturated rings. The van der Waals surface area contributed by atoms with Crippen molar-refractivity contribution in [1.82, 2.24) is 9.78 Å². The molecule has 6 heteroatoms. The summed E-state index contributed by atoms with van der Waals surface area (Å²) in [6, 6.07) is 7.72. The lowest BCUT2D eigenvalue weighted by Crippen LogP contribution is -2.09. The third-order valence-corrected chi connectivity index (χ3v) is 2.90. The van der Waals surface area contributed by atoms with Gasteiger partial charge >= 0.3 is 5.97 Å². The summed E-state index contributed by atoms with van der Waals surface area (Å²) in [5.41, 5.74) is 8.20. The monoisotopic (exact) mass is 274 g/mol. The average Bonchev–Trinajstić information content (AvgIpc) is 2.75. The SMILES string of the molecule is CCNc1nn(-c2cccc(C)c2)c(N)c1C(=O)OC. The number of hydrogen-bond acceptors (Lipinski definition) is 5. The number of nitrogen functional groups attached to an aromatic ring is 1. The Kier molecular flexibility index (Phi) is 3.93. The number of aromatic nitrogens is 2. The molecule has 0 amide bonds. The van der Waals surface area contributed by atoms with E-state index in [1.165, 1.54) is 11.8 Å². The molecule has 0 unspecified atom stereocenters. The zero-order chi connectivity index (χ0) is 14.7. The van der Waals surface area contributed by atoms with Crippen molar-refractivity contribution < 1.29 is 9.53 Å². The highest BCUT2D eigenvalue weighted by Gasteiger charge is 2.23. The average molecular weight is 274 g/mol. The number of methoxy groups -OCH3 is 1. The molecule has 0 spiro atoms. The van der Waals surface area contributed by atoms with Crippen molar-refractivity contribution in [3.05, 3.63) is 35.4 Å². The third-order valence-electron chi connectivity index (χ3n) is 2.90. The molecule has 2 aromatic rings. The number of esters is 1. The quantitative estimate of drug-likeness (QED) is 0.833. The van der Waals surface area contributed by atoms with Crippen LogP contribution in [0.2, 0.25) is 0 Å². The van der Waals surface area contributed by atoms with Gasteiger partial charge in [0, 0.05) is 6.54 Å². The second kappa shape index (κ2) is 5.64. The maximum absolute atomic E-state index is 11.8. The summed E-state index contributed by atoms with van der Waals surface area (Å²) in [6.45, 7) is 4.53. The standard InChI is InChI=1S/C14H18N4O2/c1-4-16-13-11(14(19)20-3)12(15)18(17-13)10-7-5-6-9(2)8-10/h5-8H,4,15H2,1-3H3,(H,16,17). The Bertz CT molecular complexity index is 634. The Labute approximate surface area is 117 Å². The van der Waals surface area contributed by atoms with Crippen molar-refractivity contribution in [3.8, 4) is 5.69 Å². The minimum atomic E-state index is -0.502. The fourth-order valence-electron chi connectivity index (χ4n) is 1.98. The maximum atomic E-state index is 11.8. The zero-order valence-corrected chi connectivity index (χ0v) is 11.8. The van der Waals surface area contributed by atoms with Gasteiger partial charge in [0.1, 0.15) is 11.4 Å². The number of rotatable bonds is 4. The number of benzene rings is 1. The Morgan fingerprint density at radius 3 is 2.85 bits per heavy atom. The number of nitrogens with two attached hydrogens (primary N) is 1. The van der Waals surface area contributed by atoms with Crippen LogP contribution in [0.1, 0.15) is 22.8 Å². The molecule has 0 aliphatic carbocycles. The molecule has 0 atom stereocenters. The van der Waals surface area contributed by atoms with Gasteiger partial charge in [-0.2, -0.15) is 0 Å². The van der Waals surface area contributed by atoms with Gasteiger partial charge in [0.05, 0.1) is 12.8 Å².